The Balaban J connectivity index is 2.16. The normalized spacial score (nSPS) is 12.4. The van der Waals surface area contributed by atoms with Crippen LogP contribution in [0.1, 0.15) is 16.5 Å². The molecule has 0 radical (unpaired) electrons. The van der Waals surface area contributed by atoms with E-state index in [1.165, 1.54) is 13.2 Å². The second-order valence-corrected chi connectivity index (χ2v) is 4.81. The monoisotopic (exact) mass is 251 g/mol. The first kappa shape index (κ1) is 12.1. The quantitative estimate of drug-likeness (QED) is 0.906. The highest BCUT2D eigenvalue weighted by Gasteiger charge is 2.13. The Kier molecular flexibility index (Phi) is 3.76. The van der Waals surface area contributed by atoms with Crippen molar-refractivity contribution in [2.45, 2.75) is 12.5 Å². The molecule has 0 saturated carbocycles. The van der Waals surface area contributed by atoms with E-state index in [2.05, 4.69) is 0 Å². The number of halogens is 1. The van der Waals surface area contributed by atoms with Crippen LogP contribution in [0, 0.1) is 5.82 Å². The van der Waals surface area contributed by atoms with E-state index in [0.29, 0.717) is 17.7 Å². The van der Waals surface area contributed by atoms with Crippen molar-refractivity contribution < 1.29 is 9.13 Å². The summed E-state index contributed by atoms with van der Waals surface area (Å²) in [4.78, 5) is 1.16. The van der Waals surface area contributed by atoms with Crippen LogP contribution < -0.4 is 10.5 Å². The van der Waals surface area contributed by atoms with Crippen molar-refractivity contribution in [1.29, 1.82) is 0 Å². The van der Waals surface area contributed by atoms with Gasteiger partial charge in [-0.2, -0.15) is 0 Å². The van der Waals surface area contributed by atoms with Gasteiger partial charge in [0, 0.05) is 29.0 Å². The van der Waals surface area contributed by atoms with Crippen LogP contribution >= 0.6 is 11.3 Å². The molecule has 1 heterocycles. The molecule has 2 rings (SSSR count). The molecule has 0 spiro atoms. The summed E-state index contributed by atoms with van der Waals surface area (Å²) in [5.41, 5.74) is 6.53. The smallest absolute Gasteiger partial charge is 0.131 e. The highest BCUT2D eigenvalue weighted by molar-refractivity contribution is 7.09. The van der Waals surface area contributed by atoms with Gasteiger partial charge in [-0.3, -0.25) is 0 Å². The number of thiophene rings is 1. The first-order chi connectivity index (χ1) is 8.20. The van der Waals surface area contributed by atoms with Gasteiger partial charge < -0.3 is 10.5 Å². The van der Waals surface area contributed by atoms with Crippen LogP contribution in [0.25, 0.3) is 0 Å². The molecule has 90 valence electrons. The van der Waals surface area contributed by atoms with Crippen molar-refractivity contribution in [3.63, 3.8) is 0 Å². The van der Waals surface area contributed by atoms with Gasteiger partial charge in [0.2, 0.25) is 0 Å². The summed E-state index contributed by atoms with van der Waals surface area (Å²) < 4.78 is 18.7. The molecule has 0 aliphatic carbocycles. The molecule has 2 aromatic rings. The zero-order valence-electron chi connectivity index (χ0n) is 9.52. The summed E-state index contributed by atoms with van der Waals surface area (Å²) in [6.45, 7) is 0. The van der Waals surface area contributed by atoms with Gasteiger partial charge in [0.25, 0.3) is 0 Å². The van der Waals surface area contributed by atoms with E-state index in [-0.39, 0.29) is 11.9 Å². The van der Waals surface area contributed by atoms with Crippen LogP contribution in [-0.2, 0) is 6.42 Å². The molecule has 1 atom stereocenters. The molecule has 0 saturated heterocycles. The fourth-order valence-electron chi connectivity index (χ4n) is 1.69. The first-order valence-corrected chi connectivity index (χ1v) is 6.20. The van der Waals surface area contributed by atoms with Crippen LogP contribution in [0.15, 0.2) is 35.7 Å². The van der Waals surface area contributed by atoms with Crippen LogP contribution in [0.4, 0.5) is 4.39 Å². The lowest BCUT2D eigenvalue weighted by Gasteiger charge is -2.12. The minimum atomic E-state index is -0.320. The molecule has 0 fully saturated rings. The summed E-state index contributed by atoms with van der Waals surface area (Å²) in [6.07, 6.45) is 0.654. The SMILES string of the molecule is COc1ccc(C(N)Cc2cccs2)c(F)c1. The van der Waals surface area contributed by atoms with Crippen molar-refractivity contribution >= 4 is 11.3 Å². The number of ether oxygens (including phenoxy) is 1. The predicted octanol–water partition coefficient (Wildman–Crippen LogP) is 3.14. The summed E-state index contributed by atoms with van der Waals surface area (Å²) in [5, 5.41) is 1.99. The lowest BCUT2D eigenvalue weighted by Crippen LogP contribution is -2.14. The maximum Gasteiger partial charge on any atom is 0.131 e. The molecule has 0 aliphatic heterocycles. The Morgan fingerprint density at radius 2 is 2.24 bits per heavy atom. The third-order valence-corrected chi connectivity index (χ3v) is 3.51. The predicted molar refractivity (Wildman–Crippen MR) is 67.9 cm³/mol. The average molecular weight is 251 g/mol. The zero-order chi connectivity index (χ0) is 12.3. The van der Waals surface area contributed by atoms with Crippen molar-refractivity contribution in [2.24, 2.45) is 5.73 Å². The largest absolute Gasteiger partial charge is 0.497 e. The molecule has 1 aromatic heterocycles. The fraction of sp³-hybridized carbons (Fsp3) is 0.231. The van der Waals surface area contributed by atoms with Crippen molar-refractivity contribution in [3.05, 3.63) is 52.0 Å². The van der Waals surface area contributed by atoms with E-state index in [1.807, 2.05) is 17.5 Å². The van der Waals surface area contributed by atoms with Crippen molar-refractivity contribution in [3.8, 4) is 5.75 Å². The molecule has 0 bridgehead atoms. The minimum Gasteiger partial charge on any atom is -0.497 e. The molecule has 0 amide bonds. The molecule has 17 heavy (non-hydrogen) atoms. The van der Waals surface area contributed by atoms with Gasteiger partial charge in [0.05, 0.1) is 7.11 Å². The molecule has 1 aromatic carbocycles. The van der Waals surface area contributed by atoms with E-state index in [1.54, 1.807) is 23.5 Å². The van der Waals surface area contributed by atoms with Crippen LogP contribution in [0.3, 0.4) is 0 Å². The molecular formula is C13H14FNOS. The third-order valence-electron chi connectivity index (χ3n) is 2.61. The number of nitrogens with two attached hydrogens (primary N) is 1. The summed E-state index contributed by atoms with van der Waals surface area (Å²) in [5.74, 6) is 0.197. The van der Waals surface area contributed by atoms with E-state index >= 15 is 0 Å². The Hall–Kier alpha value is -1.39. The maximum atomic E-state index is 13.8. The Morgan fingerprint density at radius 1 is 1.41 bits per heavy atom. The lowest BCUT2D eigenvalue weighted by molar-refractivity contribution is 0.410. The molecule has 1 unspecified atom stereocenters. The molecular weight excluding hydrogens is 237 g/mol. The number of hydrogen-bond acceptors (Lipinski definition) is 3. The van der Waals surface area contributed by atoms with Gasteiger partial charge in [-0.05, 0) is 17.5 Å². The number of methoxy groups -OCH3 is 1. The van der Waals surface area contributed by atoms with Gasteiger partial charge in [-0.15, -0.1) is 11.3 Å². The summed E-state index contributed by atoms with van der Waals surface area (Å²) in [6, 6.07) is 8.44. The van der Waals surface area contributed by atoms with Crippen LogP contribution in [-0.4, -0.2) is 7.11 Å². The van der Waals surface area contributed by atoms with Crippen LogP contribution in [0.5, 0.6) is 5.75 Å². The maximum absolute atomic E-state index is 13.8. The van der Waals surface area contributed by atoms with Gasteiger partial charge in [0.15, 0.2) is 0 Å². The summed E-state index contributed by atoms with van der Waals surface area (Å²) in [7, 11) is 1.51. The fourth-order valence-corrected chi connectivity index (χ4v) is 2.46. The molecule has 4 heteroatoms. The first-order valence-electron chi connectivity index (χ1n) is 5.32. The number of benzene rings is 1. The Morgan fingerprint density at radius 3 is 2.82 bits per heavy atom. The third kappa shape index (κ3) is 2.84. The minimum absolute atomic E-state index is 0.312. The molecule has 2 N–H and O–H groups in total. The Bertz CT molecular complexity index is 484. The van der Waals surface area contributed by atoms with E-state index in [4.69, 9.17) is 10.5 Å². The topological polar surface area (TPSA) is 35.2 Å². The second-order valence-electron chi connectivity index (χ2n) is 3.78. The van der Waals surface area contributed by atoms with Crippen LogP contribution in [0.2, 0.25) is 0 Å². The van der Waals surface area contributed by atoms with E-state index in [9.17, 15) is 4.39 Å². The van der Waals surface area contributed by atoms with Gasteiger partial charge in [-0.25, -0.2) is 4.39 Å². The molecule has 0 aliphatic rings. The van der Waals surface area contributed by atoms with Gasteiger partial charge in [-0.1, -0.05) is 12.1 Å². The van der Waals surface area contributed by atoms with E-state index < -0.39 is 0 Å². The Labute approximate surface area is 104 Å². The number of rotatable bonds is 4. The highest BCUT2D eigenvalue weighted by Crippen LogP contribution is 2.24. The second kappa shape index (κ2) is 5.29. The zero-order valence-corrected chi connectivity index (χ0v) is 10.3. The van der Waals surface area contributed by atoms with Crippen molar-refractivity contribution in [1.82, 2.24) is 0 Å². The van der Waals surface area contributed by atoms with Crippen molar-refractivity contribution in [2.75, 3.05) is 7.11 Å². The van der Waals surface area contributed by atoms with E-state index in [0.717, 1.165) is 4.88 Å². The molecule has 2 nitrogen and oxygen atoms in total. The van der Waals surface area contributed by atoms with Gasteiger partial charge >= 0.3 is 0 Å². The average Bonchev–Trinajstić information content (AvgIpc) is 2.81. The summed E-state index contributed by atoms with van der Waals surface area (Å²) >= 11 is 1.63. The highest BCUT2D eigenvalue weighted by atomic mass is 32.1. The standard InChI is InChI=1S/C13H14FNOS/c1-16-9-4-5-11(12(14)7-9)13(15)8-10-3-2-6-17-10/h2-7,13H,8,15H2,1H3. The lowest BCUT2D eigenvalue weighted by atomic mass is 10.0. The number of hydrogen-bond donors (Lipinski definition) is 1. The van der Waals surface area contributed by atoms with Gasteiger partial charge in [0.1, 0.15) is 11.6 Å².